The minimum atomic E-state index is -0.713. The smallest absolute Gasteiger partial charge is 0.258 e. The monoisotopic (exact) mass is 200 g/mol. The second kappa shape index (κ2) is 3.40. The number of nitro groups is 2. The van der Waals surface area contributed by atoms with Gasteiger partial charge in [-0.3, -0.25) is 20.2 Å². The van der Waals surface area contributed by atoms with Crippen molar-refractivity contribution in [3.8, 4) is 0 Å². The molecule has 0 bridgehead atoms. The molecule has 0 aromatic heterocycles. The van der Waals surface area contributed by atoms with Crippen molar-refractivity contribution in [1.29, 1.82) is 0 Å². The van der Waals surface area contributed by atoms with Crippen molar-refractivity contribution in [3.05, 3.63) is 38.4 Å². The Bertz CT molecular complexity index is 379. The van der Waals surface area contributed by atoms with Crippen LogP contribution in [0.15, 0.2) is 23.1 Å². The molecule has 0 saturated heterocycles. The molecule has 6 nitrogen and oxygen atoms in total. The van der Waals surface area contributed by atoms with Crippen LogP contribution >= 0.6 is 12.6 Å². The summed E-state index contributed by atoms with van der Waals surface area (Å²) in [5.74, 6) is 0. The van der Waals surface area contributed by atoms with Gasteiger partial charge in [-0.25, -0.2) is 0 Å². The van der Waals surface area contributed by atoms with Crippen LogP contribution in [0.4, 0.5) is 11.4 Å². The number of nitro benzene ring substituents is 2. The summed E-state index contributed by atoms with van der Waals surface area (Å²) in [6.45, 7) is 0. The predicted molar refractivity (Wildman–Crippen MR) is 47.0 cm³/mol. The molecule has 7 heteroatoms. The lowest BCUT2D eigenvalue weighted by molar-refractivity contribution is -0.395. The van der Waals surface area contributed by atoms with E-state index in [1.165, 1.54) is 6.07 Å². The fraction of sp³-hybridized carbons (Fsp3) is 0. The first kappa shape index (κ1) is 9.46. The van der Waals surface area contributed by atoms with Gasteiger partial charge in [0.25, 0.3) is 11.4 Å². The Balaban J connectivity index is 3.27. The molecule has 0 saturated carbocycles. The third-order valence-electron chi connectivity index (χ3n) is 1.37. The molecule has 0 radical (unpaired) electrons. The first-order valence-electron chi connectivity index (χ1n) is 3.14. The molecule has 0 aliphatic rings. The Morgan fingerprint density at radius 2 is 1.77 bits per heavy atom. The van der Waals surface area contributed by atoms with Crippen LogP contribution < -0.4 is 0 Å². The van der Waals surface area contributed by atoms with E-state index in [1.54, 1.807) is 0 Å². The summed E-state index contributed by atoms with van der Waals surface area (Å²) in [6, 6.07) is 3.26. The summed E-state index contributed by atoms with van der Waals surface area (Å²) < 4.78 is 0. The molecule has 13 heavy (non-hydrogen) atoms. The lowest BCUT2D eigenvalue weighted by atomic mass is 10.3. The van der Waals surface area contributed by atoms with Crippen molar-refractivity contribution in [2.75, 3.05) is 0 Å². The van der Waals surface area contributed by atoms with Crippen LogP contribution in [0.25, 0.3) is 0 Å². The number of thiol groups is 1. The molecule has 1 rings (SSSR count). The van der Waals surface area contributed by atoms with Crippen molar-refractivity contribution >= 4 is 24.0 Å². The molecule has 0 fully saturated rings. The van der Waals surface area contributed by atoms with E-state index >= 15 is 0 Å². The molecule has 0 aliphatic heterocycles. The Morgan fingerprint density at radius 3 is 2.23 bits per heavy atom. The normalized spacial score (nSPS) is 9.62. The third kappa shape index (κ3) is 1.94. The minimum Gasteiger partial charge on any atom is -0.258 e. The molecule has 1 aromatic rings. The van der Waals surface area contributed by atoms with E-state index in [2.05, 4.69) is 12.6 Å². The van der Waals surface area contributed by atoms with Gasteiger partial charge in [-0.05, 0) is 6.07 Å². The van der Waals surface area contributed by atoms with Crippen LogP contribution in [0.5, 0.6) is 0 Å². The zero-order chi connectivity index (χ0) is 10.0. The summed E-state index contributed by atoms with van der Waals surface area (Å²) in [4.78, 5) is 19.3. The molecule has 0 unspecified atom stereocenters. The van der Waals surface area contributed by atoms with Crippen LogP contribution in [-0.4, -0.2) is 9.85 Å². The first-order valence-corrected chi connectivity index (χ1v) is 3.59. The lowest BCUT2D eigenvalue weighted by Gasteiger charge is -1.94. The maximum atomic E-state index is 10.3. The number of rotatable bonds is 2. The average molecular weight is 200 g/mol. The summed E-state index contributed by atoms with van der Waals surface area (Å²) in [7, 11) is 0. The number of hydrogen-bond donors (Lipinski definition) is 1. The molecule has 0 heterocycles. The van der Waals surface area contributed by atoms with E-state index in [1.807, 2.05) is 0 Å². The molecule has 68 valence electrons. The molecule has 0 spiro atoms. The van der Waals surface area contributed by atoms with E-state index in [0.29, 0.717) is 0 Å². The van der Waals surface area contributed by atoms with Gasteiger partial charge in [-0.1, -0.05) is 0 Å². The SMILES string of the molecule is O=[N+]([O-])c1ccc(S)c([N+](=O)[O-])c1. The van der Waals surface area contributed by atoms with Gasteiger partial charge in [0.2, 0.25) is 0 Å². The molecule has 1 aromatic carbocycles. The van der Waals surface area contributed by atoms with E-state index in [-0.39, 0.29) is 16.3 Å². The van der Waals surface area contributed by atoms with Crippen LogP contribution in [-0.2, 0) is 0 Å². The number of nitrogens with zero attached hydrogens (tertiary/aromatic N) is 2. The van der Waals surface area contributed by atoms with Crippen LogP contribution in [0.3, 0.4) is 0 Å². The van der Waals surface area contributed by atoms with Gasteiger partial charge in [0, 0.05) is 6.07 Å². The van der Waals surface area contributed by atoms with Crippen LogP contribution in [0.2, 0.25) is 0 Å². The highest BCUT2D eigenvalue weighted by molar-refractivity contribution is 7.80. The van der Waals surface area contributed by atoms with E-state index in [9.17, 15) is 20.2 Å². The van der Waals surface area contributed by atoms with Crippen LogP contribution in [0.1, 0.15) is 0 Å². The molecule has 0 amide bonds. The van der Waals surface area contributed by atoms with Gasteiger partial charge >= 0.3 is 0 Å². The Labute approximate surface area is 77.9 Å². The number of hydrogen-bond acceptors (Lipinski definition) is 5. The lowest BCUT2D eigenvalue weighted by Crippen LogP contribution is -1.93. The Kier molecular flexibility index (Phi) is 2.47. The summed E-state index contributed by atoms with van der Waals surface area (Å²) in [5.41, 5.74) is -0.679. The average Bonchev–Trinajstić information content (AvgIpc) is 2.04. The standard InChI is InChI=1S/C6H4N2O4S/c9-7(10)4-1-2-6(13)5(3-4)8(11)12/h1-3,13H. The number of benzene rings is 1. The maximum absolute atomic E-state index is 10.3. The summed E-state index contributed by atoms with van der Waals surface area (Å²) >= 11 is 3.79. The summed E-state index contributed by atoms with van der Waals surface area (Å²) in [5, 5.41) is 20.6. The first-order chi connectivity index (χ1) is 6.02. The highest BCUT2D eigenvalue weighted by Gasteiger charge is 2.16. The molecule has 0 N–H and O–H groups in total. The topological polar surface area (TPSA) is 86.3 Å². The van der Waals surface area contributed by atoms with E-state index < -0.39 is 9.85 Å². The predicted octanol–water partition coefficient (Wildman–Crippen LogP) is 1.79. The van der Waals surface area contributed by atoms with Gasteiger partial charge in [0.1, 0.15) is 0 Å². The minimum absolute atomic E-state index is 0.107. The van der Waals surface area contributed by atoms with E-state index in [4.69, 9.17) is 0 Å². The molecule has 0 aliphatic carbocycles. The van der Waals surface area contributed by atoms with Gasteiger partial charge in [-0.2, -0.15) is 0 Å². The third-order valence-corrected chi connectivity index (χ3v) is 1.74. The van der Waals surface area contributed by atoms with E-state index in [0.717, 1.165) is 12.1 Å². The van der Waals surface area contributed by atoms with Gasteiger partial charge in [-0.15, -0.1) is 12.6 Å². The van der Waals surface area contributed by atoms with Crippen molar-refractivity contribution in [2.24, 2.45) is 0 Å². The number of non-ortho nitro benzene ring substituents is 1. The Morgan fingerprint density at radius 1 is 1.15 bits per heavy atom. The molecule has 0 atom stereocenters. The van der Waals surface area contributed by atoms with Gasteiger partial charge < -0.3 is 0 Å². The fourth-order valence-corrected chi connectivity index (χ4v) is 0.992. The van der Waals surface area contributed by atoms with Crippen LogP contribution in [0, 0.1) is 20.2 Å². The fourth-order valence-electron chi connectivity index (χ4n) is 0.772. The highest BCUT2D eigenvalue weighted by atomic mass is 32.1. The zero-order valence-electron chi connectivity index (χ0n) is 6.21. The Hall–Kier alpha value is -1.63. The quantitative estimate of drug-likeness (QED) is 0.448. The second-order valence-electron chi connectivity index (χ2n) is 2.19. The van der Waals surface area contributed by atoms with Crippen molar-refractivity contribution in [2.45, 2.75) is 4.90 Å². The van der Waals surface area contributed by atoms with Gasteiger partial charge in [0.05, 0.1) is 20.8 Å². The largest absolute Gasteiger partial charge is 0.289 e. The van der Waals surface area contributed by atoms with Crippen molar-refractivity contribution in [3.63, 3.8) is 0 Å². The summed E-state index contributed by atoms with van der Waals surface area (Å²) in [6.07, 6.45) is 0. The van der Waals surface area contributed by atoms with Crippen molar-refractivity contribution in [1.82, 2.24) is 0 Å². The highest BCUT2D eigenvalue weighted by Crippen LogP contribution is 2.26. The van der Waals surface area contributed by atoms with Crippen molar-refractivity contribution < 1.29 is 9.85 Å². The molecular weight excluding hydrogens is 196 g/mol. The molecular formula is C6H4N2O4S. The zero-order valence-corrected chi connectivity index (χ0v) is 7.10. The maximum Gasteiger partial charge on any atom is 0.289 e. The second-order valence-corrected chi connectivity index (χ2v) is 2.67. The van der Waals surface area contributed by atoms with Gasteiger partial charge in [0.15, 0.2) is 0 Å².